The van der Waals surface area contributed by atoms with Gasteiger partial charge in [-0.3, -0.25) is 0 Å². The average Bonchev–Trinajstić information content (AvgIpc) is 2.85. The summed E-state index contributed by atoms with van der Waals surface area (Å²) >= 11 is 8.35. The van der Waals surface area contributed by atoms with E-state index in [1.807, 2.05) is 19.1 Å². The first-order valence-corrected chi connectivity index (χ1v) is 7.22. The molecule has 2 aromatic rings. The third-order valence-corrected chi connectivity index (χ3v) is 5.64. The topological polar surface area (TPSA) is 33.4 Å². The van der Waals surface area contributed by atoms with E-state index in [9.17, 15) is 5.11 Å². The molecule has 2 aromatic heterocycles. The van der Waals surface area contributed by atoms with Crippen LogP contribution in [0.4, 0.5) is 0 Å². The number of halogens is 2. The van der Waals surface area contributed by atoms with Crippen molar-refractivity contribution in [3.63, 3.8) is 0 Å². The number of aryl methyl sites for hydroxylation is 1. The zero-order valence-electron chi connectivity index (χ0n) is 8.54. The van der Waals surface area contributed by atoms with Gasteiger partial charge in [-0.05, 0) is 44.0 Å². The van der Waals surface area contributed by atoms with E-state index < -0.39 is 6.10 Å². The van der Waals surface area contributed by atoms with Gasteiger partial charge in [0, 0.05) is 21.3 Å². The van der Waals surface area contributed by atoms with Gasteiger partial charge in [0.1, 0.15) is 11.9 Å². The third kappa shape index (κ3) is 2.27. The summed E-state index contributed by atoms with van der Waals surface area (Å²) in [6.07, 6.45) is 1.80. The van der Waals surface area contributed by atoms with Crippen LogP contribution in [-0.4, -0.2) is 5.11 Å². The van der Waals surface area contributed by atoms with Gasteiger partial charge >= 0.3 is 0 Å². The molecular weight excluding hydrogens is 356 g/mol. The Labute approximate surface area is 115 Å². The number of aliphatic hydroxyl groups excluding tert-OH is 1. The largest absolute Gasteiger partial charge is 0.469 e. The van der Waals surface area contributed by atoms with E-state index in [0.717, 1.165) is 30.9 Å². The maximum absolute atomic E-state index is 10.2. The highest BCUT2D eigenvalue weighted by Gasteiger charge is 2.19. The summed E-state index contributed by atoms with van der Waals surface area (Å²) in [6.45, 7) is 2.01. The van der Waals surface area contributed by atoms with Gasteiger partial charge in [-0.25, -0.2) is 0 Å². The van der Waals surface area contributed by atoms with Gasteiger partial charge in [0.25, 0.3) is 0 Å². The molecule has 5 heteroatoms. The summed E-state index contributed by atoms with van der Waals surface area (Å²) in [5, 5.41) is 10.2. The maximum atomic E-state index is 10.2. The van der Waals surface area contributed by atoms with Crippen LogP contribution < -0.4 is 0 Å². The number of thiophene rings is 1. The number of hydrogen-bond acceptors (Lipinski definition) is 3. The summed E-state index contributed by atoms with van der Waals surface area (Å²) in [7, 11) is 0. The molecule has 1 unspecified atom stereocenters. The maximum Gasteiger partial charge on any atom is 0.117 e. The SMILES string of the molecule is CCc1occc1C(O)c1cc(Br)c(Br)s1. The van der Waals surface area contributed by atoms with Crippen LogP contribution in [-0.2, 0) is 6.42 Å². The Morgan fingerprint density at radius 3 is 2.81 bits per heavy atom. The van der Waals surface area contributed by atoms with E-state index in [1.165, 1.54) is 11.3 Å². The van der Waals surface area contributed by atoms with E-state index in [-0.39, 0.29) is 0 Å². The second-order valence-electron chi connectivity index (χ2n) is 3.33. The monoisotopic (exact) mass is 364 g/mol. The lowest BCUT2D eigenvalue weighted by Crippen LogP contribution is -1.98. The molecule has 0 amide bonds. The fourth-order valence-corrected chi connectivity index (χ4v) is 3.63. The summed E-state index contributed by atoms with van der Waals surface area (Å²) in [5.41, 5.74) is 0.851. The standard InChI is InChI=1S/C11H10Br2O2S/c1-2-8-6(3-4-15-8)10(14)9-5-7(12)11(13)16-9/h3-5,10,14H,2H2,1H3. The van der Waals surface area contributed by atoms with Crippen molar-refractivity contribution in [2.24, 2.45) is 0 Å². The molecule has 16 heavy (non-hydrogen) atoms. The van der Waals surface area contributed by atoms with Gasteiger partial charge in [-0.15, -0.1) is 11.3 Å². The number of aliphatic hydroxyl groups is 1. The smallest absolute Gasteiger partial charge is 0.117 e. The predicted molar refractivity (Wildman–Crippen MR) is 71.9 cm³/mol. The lowest BCUT2D eigenvalue weighted by molar-refractivity contribution is 0.221. The summed E-state index contributed by atoms with van der Waals surface area (Å²) in [4.78, 5) is 0.898. The minimum absolute atomic E-state index is 0.610. The lowest BCUT2D eigenvalue weighted by atomic mass is 10.1. The van der Waals surface area contributed by atoms with Crippen LogP contribution >= 0.6 is 43.2 Å². The Kier molecular flexibility index (Phi) is 3.89. The Morgan fingerprint density at radius 1 is 1.50 bits per heavy atom. The fourth-order valence-electron chi connectivity index (χ4n) is 1.53. The van der Waals surface area contributed by atoms with Crippen molar-refractivity contribution in [3.8, 4) is 0 Å². The summed E-state index contributed by atoms with van der Waals surface area (Å²) in [6, 6.07) is 3.75. The molecule has 0 aliphatic heterocycles. The van der Waals surface area contributed by atoms with E-state index in [2.05, 4.69) is 31.9 Å². The van der Waals surface area contributed by atoms with Crippen LogP contribution in [0.5, 0.6) is 0 Å². The van der Waals surface area contributed by atoms with Gasteiger partial charge in [-0.1, -0.05) is 6.92 Å². The molecule has 1 atom stereocenters. The first kappa shape index (κ1) is 12.4. The van der Waals surface area contributed by atoms with Crippen molar-refractivity contribution in [1.29, 1.82) is 0 Å². The summed E-state index contributed by atoms with van der Waals surface area (Å²) in [5.74, 6) is 0.841. The van der Waals surface area contributed by atoms with Crippen molar-refractivity contribution in [2.45, 2.75) is 19.4 Å². The number of hydrogen-bond donors (Lipinski definition) is 1. The molecule has 2 heterocycles. The van der Waals surface area contributed by atoms with Crippen molar-refractivity contribution >= 4 is 43.2 Å². The Morgan fingerprint density at radius 2 is 2.25 bits per heavy atom. The van der Waals surface area contributed by atoms with Crippen molar-refractivity contribution < 1.29 is 9.52 Å². The molecule has 0 radical (unpaired) electrons. The van der Waals surface area contributed by atoms with Gasteiger partial charge < -0.3 is 9.52 Å². The molecule has 0 bridgehead atoms. The highest BCUT2D eigenvalue weighted by molar-refractivity contribution is 9.13. The molecule has 0 aliphatic carbocycles. The van der Waals surface area contributed by atoms with Gasteiger partial charge in [0.05, 0.1) is 10.0 Å². The van der Waals surface area contributed by atoms with Crippen LogP contribution in [0.15, 0.2) is 31.1 Å². The first-order chi connectivity index (χ1) is 7.63. The van der Waals surface area contributed by atoms with Crippen LogP contribution in [0.25, 0.3) is 0 Å². The molecule has 1 N–H and O–H groups in total. The minimum atomic E-state index is -0.610. The molecule has 86 valence electrons. The van der Waals surface area contributed by atoms with Crippen LogP contribution in [0.2, 0.25) is 0 Å². The van der Waals surface area contributed by atoms with Gasteiger partial charge in [0.15, 0.2) is 0 Å². The first-order valence-electron chi connectivity index (χ1n) is 4.82. The molecule has 2 nitrogen and oxygen atoms in total. The minimum Gasteiger partial charge on any atom is -0.469 e. The molecule has 0 spiro atoms. The van der Waals surface area contributed by atoms with Gasteiger partial charge in [-0.2, -0.15) is 0 Å². The Balaban J connectivity index is 2.35. The normalized spacial score (nSPS) is 13.0. The van der Waals surface area contributed by atoms with Gasteiger partial charge in [0.2, 0.25) is 0 Å². The fraction of sp³-hybridized carbons (Fsp3) is 0.273. The second-order valence-corrected chi connectivity index (χ2v) is 6.58. The van der Waals surface area contributed by atoms with E-state index in [1.54, 1.807) is 6.26 Å². The van der Waals surface area contributed by atoms with Crippen LogP contribution in [0, 0.1) is 0 Å². The quantitative estimate of drug-likeness (QED) is 0.867. The molecule has 0 fully saturated rings. The molecule has 0 saturated heterocycles. The van der Waals surface area contributed by atoms with Crippen molar-refractivity contribution in [1.82, 2.24) is 0 Å². The Bertz CT molecular complexity index is 470. The van der Waals surface area contributed by atoms with E-state index in [0.29, 0.717) is 0 Å². The number of rotatable bonds is 3. The van der Waals surface area contributed by atoms with Crippen molar-refractivity contribution in [3.05, 3.63) is 42.9 Å². The molecule has 2 rings (SSSR count). The van der Waals surface area contributed by atoms with Crippen LogP contribution in [0.3, 0.4) is 0 Å². The van der Waals surface area contributed by atoms with Crippen molar-refractivity contribution in [2.75, 3.05) is 0 Å². The highest BCUT2D eigenvalue weighted by atomic mass is 79.9. The number of furan rings is 1. The second kappa shape index (κ2) is 5.04. The van der Waals surface area contributed by atoms with E-state index in [4.69, 9.17) is 4.42 Å². The zero-order chi connectivity index (χ0) is 11.7. The highest BCUT2D eigenvalue weighted by Crippen LogP contribution is 2.38. The molecule has 0 aromatic carbocycles. The molecule has 0 saturated carbocycles. The summed E-state index contributed by atoms with van der Waals surface area (Å²) < 4.78 is 7.27. The predicted octanol–water partition coefficient (Wildman–Crippen LogP) is 4.51. The Hall–Kier alpha value is -0.1000. The average molecular weight is 366 g/mol. The zero-order valence-corrected chi connectivity index (χ0v) is 12.5. The third-order valence-electron chi connectivity index (χ3n) is 2.33. The molecule has 0 aliphatic rings. The lowest BCUT2D eigenvalue weighted by Gasteiger charge is -2.07. The van der Waals surface area contributed by atoms with E-state index >= 15 is 0 Å². The molecular formula is C11H10Br2O2S. The van der Waals surface area contributed by atoms with Crippen LogP contribution in [0.1, 0.15) is 29.2 Å².